The van der Waals surface area contributed by atoms with E-state index in [4.69, 9.17) is 5.73 Å². The third-order valence-electron chi connectivity index (χ3n) is 5.95. The molecule has 36 heavy (non-hydrogen) atoms. The van der Waals surface area contributed by atoms with Crippen LogP contribution in [0.4, 0.5) is 13.2 Å². The number of hydrogen-bond acceptors (Lipinski definition) is 4. The van der Waals surface area contributed by atoms with E-state index in [9.17, 15) is 9.18 Å². The number of alkyl halides is 1. The minimum Gasteiger partial charge on any atom is -0.404 e. The van der Waals surface area contributed by atoms with Gasteiger partial charge in [0.15, 0.2) is 0 Å². The molecule has 2 atom stereocenters. The van der Waals surface area contributed by atoms with Gasteiger partial charge in [0.2, 0.25) is 0 Å². The van der Waals surface area contributed by atoms with Crippen LogP contribution in [0.15, 0.2) is 53.2 Å². The molecule has 2 aromatic carbocycles. The first-order valence-corrected chi connectivity index (χ1v) is 11.6. The number of carbonyl (C=O) groups is 1. The molecule has 7 heteroatoms. The second-order valence-corrected chi connectivity index (χ2v) is 9.41. The van der Waals surface area contributed by atoms with E-state index in [2.05, 4.69) is 16.8 Å². The van der Waals surface area contributed by atoms with Crippen molar-refractivity contribution in [2.24, 2.45) is 10.7 Å². The van der Waals surface area contributed by atoms with Crippen molar-refractivity contribution in [1.29, 1.82) is 0 Å². The van der Waals surface area contributed by atoms with Crippen LogP contribution < -0.4 is 5.73 Å². The van der Waals surface area contributed by atoms with Gasteiger partial charge in [-0.1, -0.05) is 24.0 Å². The monoisotopic (exact) mass is 493 g/mol. The van der Waals surface area contributed by atoms with E-state index in [1.165, 1.54) is 44.3 Å². The maximum Gasteiger partial charge on any atom is 0.142 e. The van der Waals surface area contributed by atoms with Crippen LogP contribution in [0, 0.1) is 23.5 Å². The van der Waals surface area contributed by atoms with Gasteiger partial charge in [0.25, 0.3) is 0 Å². The van der Waals surface area contributed by atoms with E-state index < -0.39 is 23.3 Å². The number of nitrogens with two attached hydrogens (primary N) is 1. The zero-order valence-corrected chi connectivity index (χ0v) is 20.9. The summed E-state index contributed by atoms with van der Waals surface area (Å²) in [5.41, 5.74) is 6.94. The minimum absolute atomic E-state index is 0.00743. The number of fused-ring (bicyclic) bond motifs is 1. The maximum absolute atomic E-state index is 15.4. The van der Waals surface area contributed by atoms with Crippen molar-refractivity contribution < 1.29 is 18.0 Å². The zero-order chi connectivity index (χ0) is 26.5. The van der Waals surface area contributed by atoms with Crippen LogP contribution in [0.1, 0.15) is 54.6 Å². The number of carbonyl (C=O) groups excluding carboxylic acids is 1. The molecule has 2 aromatic rings. The molecule has 1 aliphatic rings. The molecule has 0 spiro atoms. The van der Waals surface area contributed by atoms with E-state index in [1.54, 1.807) is 25.4 Å². The van der Waals surface area contributed by atoms with Gasteiger partial charge in [-0.25, -0.2) is 13.2 Å². The average Bonchev–Trinajstić information content (AvgIpc) is 2.80. The lowest BCUT2D eigenvalue weighted by atomic mass is 9.83. The molecule has 0 aliphatic carbocycles. The highest BCUT2D eigenvalue weighted by Crippen LogP contribution is 2.41. The first kappa shape index (κ1) is 27.0. The van der Waals surface area contributed by atoms with Gasteiger partial charge in [-0.15, -0.1) is 0 Å². The summed E-state index contributed by atoms with van der Waals surface area (Å²) in [5, 5.41) is 0. The molecule has 1 unspecified atom stereocenters. The summed E-state index contributed by atoms with van der Waals surface area (Å²) in [5.74, 6) is 4.49. The van der Waals surface area contributed by atoms with Crippen molar-refractivity contribution in [1.82, 2.24) is 4.90 Å². The summed E-state index contributed by atoms with van der Waals surface area (Å²) in [6.45, 7) is 4.82. The van der Waals surface area contributed by atoms with E-state index in [1.807, 2.05) is 17.9 Å². The molecular weight excluding hydrogens is 463 g/mol. The Labute approximate surface area is 210 Å². The van der Waals surface area contributed by atoms with Crippen LogP contribution in [0.2, 0.25) is 0 Å². The van der Waals surface area contributed by atoms with Gasteiger partial charge in [-0.3, -0.25) is 14.7 Å². The molecule has 0 radical (unpaired) electrons. The van der Waals surface area contributed by atoms with Crippen molar-refractivity contribution in [3.8, 4) is 11.8 Å². The number of allylic oxidation sites excluding steroid dienone is 2. The second-order valence-electron chi connectivity index (χ2n) is 9.41. The van der Waals surface area contributed by atoms with Crippen molar-refractivity contribution in [2.45, 2.75) is 44.9 Å². The summed E-state index contributed by atoms with van der Waals surface area (Å²) in [6.07, 6.45) is 6.53. The molecule has 0 saturated carbocycles. The minimum atomic E-state index is -1.58. The van der Waals surface area contributed by atoms with Gasteiger partial charge in [0.05, 0.1) is 11.6 Å². The molecule has 3 rings (SSSR count). The molecule has 1 heterocycles. The summed E-state index contributed by atoms with van der Waals surface area (Å²) >= 11 is 0. The quantitative estimate of drug-likeness (QED) is 0.262. The first-order chi connectivity index (χ1) is 17.1. The summed E-state index contributed by atoms with van der Waals surface area (Å²) in [7, 11) is 1.62. The molecule has 0 amide bonds. The molecule has 4 nitrogen and oxygen atoms in total. The Balaban J connectivity index is 2.16. The topological polar surface area (TPSA) is 58.7 Å². The van der Waals surface area contributed by atoms with E-state index in [0.29, 0.717) is 23.8 Å². The van der Waals surface area contributed by atoms with E-state index >= 15 is 8.78 Å². The van der Waals surface area contributed by atoms with Crippen molar-refractivity contribution in [2.75, 3.05) is 13.6 Å². The van der Waals surface area contributed by atoms with E-state index in [0.717, 1.165) is 11.1 Å². The number of nitrogens with zero attached hydrogens (tertiary/aromatic N) is 2. The van der Waals surface area contributed by atoms with Gasteiger partial charge >= 0.3 is 0 Å². The fourth-order valence-corrected chi connectivity index (χ4v) is 4.51. The molecule has 2 N–H and O–H groups in total. The Hall–Kier alpha value is -3.63. The van der Waals surface area contributed by atoms with Gasteiger partial charge < -0.3 is 5.73 Å². The second kappa shape index (κ2) is 11.4. The normalized spacial score (nSPS) is 18.8. The van der Waals surface area contributed by atoms with E-state index in [-0.39, 0.29) is 23.7 Å². The standard InChI is InChI=1S/C29H30F3N3O/c1-19-12-23-13-20(7-8-22(16-33)17-34-4)9-10-24(23)28(35(19)18-29(2,3)32)27-25(30)14-21(6-5-11-36)15-26(27)31/h5-6,9-11,13-17,19,28H,12,18,33H2,1-4H3/b6-5+,22-16?,34-17?/t19?,28-/m1/s1. The third kappa shape index (κ3) is 6.32. The van der Waals surface area contributed by atoms with Crippen molar-refractivity contribution in [3.63, 3.8) is 0 Å². The van der Waals surface area contributed by atoms with Crippen LogP contribution in [-0.2, 0) is 11.2 Å². The molecule has 0 bridgehead atoms. The highest BCUT2D eigenvalue weighted by Gasteiger charge is 2.39. The molecule has 1 aliphatic heterocycles. The highest BCUT2D eigenvalue weighted by atomic mass is 19.1. The van der Waals surface area contributed by atoms with Gasteiger partial charge in [-0.05, 0) is 74.2 Å². The van der Waals surface area contributed by atoms with Crippen molar-refractivity contribution >= 4 is 18.6 Å². The largest absolute Gasteiger partial charge is 0.404 e. The van der Waals surface area contributed by atoms with Crippen LogP contribution in [0.5, 0.6) is 0 Å². The van der Waals surface area contributed by atoms with Gasteiger partial charge in [-0.2, -0.15) is 0 Å². The molecule has 0 aromatic heterocycles. The maximum atomic E-state index is 15.4. The molecule has 188 valence electrons. The molecule has 0 fully saturated rings. The van der Waals surface area contributed by atoms with Crippen LogP contribution >= 0.6 is 0 Å². The predicted molar refractivity (Wildman–Crippen MR) is 138 cm³/mol. The van der Waals surface area contributed by atoms with Crippen LogP contribution in [0.3, 0.4) is 0 Å². The number of halogens is 3. The van der Waals surface area contributed by atoms with Crippen LogP contribution in [0.25, 0.3) is 6.08 Å². The van der Waals surface area contributed by atoms with Crippen molar-refractivity contribution in [3.05, 3.63) is 87.6 Å². The van der Waals surface area contributed by atoms with Gasteiger partial charge in [0, 0.05) is 43.2 Å². The Morgan fingerprint density at radius 2 is 1.94 bits per heavy atom. The fourth-order valence-electron chi connectivity index (χ4n) is 4.51. The first-order valence-electron chi connectivity index (χ1n) is 11.6. The lowest BCUT2D eigenvalue weighted by Gasteiger charge is -2.44. The number of rotatable bonds is 6. The smallest absolute Gasteiger partial charge is 0.142 e. The summed E-state index contributed by atoms with van der Waals surface area (Å²) < 4.78 is 45.7. The third-order valence-corrected chi connectivity index (χ3v) is 5.95. The number of benzene rings is 2. The lowest BCUT2D eigenvalue weighted by Crippen LogP contribution is -2.48. The zero-order valence-electron chi connectivity index (χ0n) is 20.9. The van der Waals surface area contributed by atoms with Gasteiger partial charge in [0.1, 0.15) is 23.6 Å². The molecule has 0 saturated heterocycles. The lowest BCUT2D eigenvalue weighted by molar-refractivity contribution is -0.104. The Bertz CT molecular complexity index is 1260. The molecular formula is C29H30F3N3O. The fraction of sp³-hybridized carbons (Fsp3) is 0.310. The van der Waals surface area contributed by atoms with Crippen LogP contribution in [-0.4, -0.2) is 42.7 Å². The summed E-state index contributed by atoms with van der Waals surface area (Å²) in [4.78, 5) is 16.4. The Morgan fingerprint density at radius 1 is 1.25 bits per heavy atom. The highest BCUT2D eigenvalue weighted by molar-refractivity contribution is 5.84. The number of aldehydes is 1. The number of hydrogen-bond donors (Lipinski definition) is 1. The average molecular weight is 494 g/mol. The Kier molecular flexibility index (Phi) is 8.54. The predicted octanol–water partition coefficient (Wildman–Crippen LogP) is 5.16. The SMILES string of the molecule is CN=CC(C#Cc1ccc2c(c1)CC(C)N(CC(C)(C)F)[C@H]2c1c(F)cc(/C=C/C=O)cc1F)=CN. The number of aliphatic imine (C=N–C) groups is 1. The summed E-state index contributed by atoms with van der Waals surface area (Å²) in [6, 6.07) is 6.82. The Morgan fingerprint density at radius 3 is 2.53 bits per heavy atom.